The van der Waals surface area contributed by atoms with Gasteiger partial charge in [0.05, 0.1) is 10.9 Å². The highest BCUT2D eigenvalue weighted by atomic mass is 32.2. The topological polar surface area (TPSA) is 96.3 Å². The highest BCUT2D eigenvalue weighted by Gasteiger charge is 2.21. The van der Waals surface area contributed by atoms with Gasteiger partial charge in [-0.25, -0.2) is 13.2 Å². The second kappa shape index (κ2) is 10.2. The van der Waals surface area contributed by atoms with Crippen molar-refractivity contribution in [3.05, 3.63) is 48.3 Å². The van der Waals surface area contributed by atoms with E-state index in [2.05, 4.69) is 15.7 Å². The number of aryl methyl sites for hydroxylation is 1. The van der Waals surface area contributed by atoms with E-state index in [0.29, 0.717) is 19.6 Å². The van der Waals surface area contributed by atoms with Gasteiger partial charge in [-0.1, -0.05) is 26.0 Å². The maximum Gasteiger partial charge on any atom is 0.315 e. The van der Waals surface area contributed by atoms with Gasteiger partial charge in [0, 0.05) is 38.6 Å². The number of hydrogen-bond acceptors (Lipinski definition) is 4. The van der Waals surface area contributed by atoms with Crippen molar-refractivity contribution in [1.82, 2.24) is 24.7 Å². The molecule has 0 fully saturated rings. The Morgan fingerprint density at radius 1 is 1.21 bits per heavy atom. The van der Waals surface area contributed by atoms with Crippen LogP contribution in [0.4, 0.5) is 4.79 Å². The zero-order valence-corrected chi connectivity index (χ0v) is 17.4. The lowest BCUT2D eigenvalue weighted by Gasteiger charge is -2.19. The summed E-state index contributed by atoms with van der Waals surface area (Å²) < 4.78 is 28.3. The minimum atomic E-state index is -3.47. The number of nitrogens with one attached hydrogen (secondary N) is 2. The second-order valence-electron chi connectivity index (χ2n) is 6.40. The maximum atomic E-state index is 12.5. The Balaban J connectivity index is 1.84. The van der Waals surface area contributed by atoms with E-state index in [1.54, 1.807) is 30.5 Å². The molecule has 0 bridgehead atoms. The average Bonchev–Trinajstić information content (AvgIpc) is 3.19. The molecular formula is C19H29N5O3S. The van der Waals surface area contributed by atoms with Gasteiger partial charge in [0.25, 0.3) is 0 Å². The average molecular weight is 408 g/mol. The molecule has 1 atom stereocenters. The van der Waals surface area contributed by atoms with Crippen LogP contribution in [0.3, 0.4) is 0 Å². The van der Waals surface area contributed by atoms with Crippen LogP contribution in [0.25, 0.3) is 0 Å². The number of benzene rings is 1. The van der Waals surface area contributed by atoms with Crippen LogP contribution in [0.2, 0.25) is 0 Å². The largest absolute Gasteiger partial charge is 0.338 e. The van der Waals surface area contributed by atoms with Crippen LogP contribution in [-0.2, 0) is 16.6 Å². The Labute approximate surface area is 167 Å². The third-order valence-electron chi connectivity index (χ3n) is 4.48. The smallest absolute Gasteiger partial charge is 0.315 e. The molecule has 1 unspecified atom stereocenters. The van der Waals surface area contributed by atoms with E-state index in [4.69, 9.17) is 0 Å². The zero-order valence-electron chi connectivity index (χ0n) is 16.6. The molecule has 8 nitrogen and oxygen atoms in total. The number of hydrogen-bond donors (Lipinski definition) is 2. The number of aromatic nitrogens is 2. The van der Waals surface area contributed by atoms with Gasteiger partial charge in [0.1, 0.15) is 0 Å². The first-order valence-electron chi connectivity index (χ1n) is 9.50. The van der Waals surface area contributed by atoms with Gasteiger partial charge in [-0.05, 0) is 37.1 Å². The first-order chi connectivity index (χ1) is 13.4. The molecular weight excluding hydrogens is 378 g/mol. The van der Waals surface area contributed by atoms with Gasteiger partial charge in [0.2, 0.25) is 10.0 Å². The number of nitrogens with zero attached hydrogens (tertiary/aromatic N) is 3. The van der Waals surface area contributed by atoms with E-state index in [-0.39, 0.29) is 17.0 Å². The van der Waals surface area contributed by atoms with Crippen molar-refractivity contribution in [3.8, 4) is 0 Å². The van der Waals surface area contributed by atoms with Gasteiger partial charge in [0.15, 0.2) is 0 Å². The molecule has 0 aliphatic carbocycles. The first-order valence-corrected chi connectivity index (χ1v) is 10.9. The molecule has 2 aromatic rings. The number of carbonyl (C=O) groups is 1. The third-order valence-corrected chi connectivity index (χ3v) is 6.54. The fourth-order valence-corrected chi connectivity index (χ4v) is 4.31. The molecule has 0 radical (unpaired) electrons. The van der Waals surface area contributed by atoms with Gasteiger partial charge in [-0.3, -0.25) is 4.68 Å². The molecule has 0 spiro atoms. The van der Waals surface area contributed by atoms with Crippen LogP contribution in [0.1, 0.15) is 38.8 Å². The molecule has 0 aliphatic heterocycles. The summed E-state index contributed by atoms with van der Waals surface area (Å²) in [4.78, 5) is 12.3. The minimum absolute atomic E-state index is 0.240. The SMILES string of the molecule is CCN(CC)S(=O)(=O)c1ccc(C(C)NC(=O)NCCCn2cccn2)cc1. The Morgan fingerprint density at radius 3 is 2.46 bits per heavy atom. The van der Waals surface area contributed by atoms with E-state index in [1.165, 1.54) is 4.31 Å². The molecule has 1 heterocycles. The Hall–Kier alpha value is -2.39. The molecule has 0 aliphatic rings. The molecule has 2 amide bonds. The van der Waals surface area contributed by atoms with Crippen molar-refractivity contribution in [3.63, 3.8) is 0 Å². The molecule has 0 saturated heterocycles. The fourth-order valence-electron chi connectivity index (χ4n) is 2.85. The van der Waals surface area contributed by atoms with Crippen LogP contribution < -0.4 is 10.6 Å². The third kappa shape index (κ3) is 5.80. The predicted molar refractivity (Wildman–Crippen MR) is 108 cm³/mol. The zero-order chi connectivity index (χ0) is 20.6. The van der Waals surface area contributed by atoms with Crippen LogP contribution in [-0.4, -0.2) is 48.2 Å². The maximum absolute atomic E-state index is 12.5. The molecule has 2 N–H and O–H groups in total. The molecule has 2 rings (SSSR count). The normalized spacial score (nSPS) is 12.7. The van der Waals surface area contributed by atoms with Crippen LogP contribution in [0.15, 0.2) is 47.6 Å². The van der Waals surface area contributed by atoms with Crippen LogP contribution in [0, 0.1) is 0 Å². The summed E-state index contributed by atoms with van der Waals surface area (Å²) in [6.45, 7) is 7.63. The summed E-state index contributed by atoms with van der Waals surface area (Å²) in [6.07, 6.45) is 4.38. The number of rotatable bonds is 10. The first kappa shape index (κ1) is 21.9. The lowest BCUT2D eigenvalue weighted by atomic mass is 10.1. The van der Waals surface area contributed by atoms with Gasteiger partial charge < -0.3 is 10.6 Å². The van der Waals surface area contributed by atoms with Crippen molar-refractivity contribution in [2.75, 3.05) is 19.6 Å². The van der Waals surface area contributed by atoms with Crippen molar-refractivity contribution < 1.29 is 13.2 Å². The van der Waals surface area contributed by atoms with Gasteiger partial charge in [-0.2, -0.15) is 9.40 Å². The highest BCUT2D eigenvalue weighted by molar-refractivity contribution is 7.89. The standard InChI is InChI=1S/C19H29N5O3S/c1-4-24(5-2)28(26,27)18-10-8-17(9-11-18)16(3)22-19(25)20-12-6-14-23-15-7-13-21-23/h7-11,13,15-16H,4-6,12,14H2,1-3H3,(H2,20,22,25). The van der Waals surface area contributed by atoms with Gasteiger partial charge >= 0.3 is 6.03 Å². The van der Waals surface area contributed by atoms with E-state index in [0.717, 1.165) is 18.5 Å². The van der Waals surface area contributed by atoms with Gasteiger partial charge in [-0.15, -0.1) is 0 Å². The van der Waals surface area contributed by atoms with Crippen molar-refractivity contribution in [1.29, 1.82) is 0 Å². The summed E-state index contributed by atoms with van der Waals surface area (Å²) in [5.41, 5.74) is 0.838. The van der Waals surface area contributed by atoms with E-state index >= 15 is 0 Å². The summed E-state index contributed by atoms with van der Waals surface area (Å²) in [7, 11) is -3.47. The van der Waals surface area contributed by atoms with Crippen molar-refractivity contribution in [2.24, 2.45) is 0 Å². The number of amides is 2. The molecule has 1 aromatic heterocycles. The second-order valence-corrected chi connectivity index (χ2v) is 8.34. The van der Waals surface area contributed by atoms with Crippen LogP contribution >= 0.6 is 0 Å². The fraction of sp³-hybridized carbons (Fsp3) is 0.474. The Morgan fingerprint density at radius 2 is 1.89 bits per heavy atom. The lowest BCUT2D eigenvalue weighted by molar-refractivity contribution is 0.237. The molecule has 0 saturated carbocycles. The summed E-state index contributed by atoms with van der Waals surface area (Å²) in [5.74, 6) is 0. The Bertz CT molecular complexity index is 831. The lowest BCUT2D eigenvalue weighted by Crippen LogP contribution is -2.37. The van der Waals surface area contributed by atoms with Crippen molar-refractivity contribution >= 4 is 16.1 Å². The summed E-state index contributed by atoms with van der Waals surface area (Å²) in [5, 5.41) is 9.79. The number of sulfonamides is 1. The van der Waals surface area contributed by atoms with E-state index < -0.39 is 10.0 Å². The van der Waals surface area contributed by atoms with E-state index in [1.807, 2.05) is 37.7 Å². The molecule has 9 heteroatoms. The summed E-state index contributed by atoms with van der Waals surface area (Å²) >= 11 is 0. The quantitative estimate of drug-likeness (QED) is 0.591. The highest BCUT2D eigenvalue weighted by Crippen LogP contribution is 2.19. The monoisotopic (exact) mass is 407 g/mol. The van der Waals surface area contributed by atoms with Crippen molar-refractivity contribution in [2.45, 2.75) is 44.7 Å². The molecule has 28 heavy (non-hydrogen) atoms. The van der Waals surface area contributed by atoms with Crippen LogP contribution in [0.5, 0.6) is 0 Å². The molecule has 1 aromatic carbocycles. The van der Waals surface area contributed by atoms with E-state index in [9.17, 15) is 13.2 Å². The predicted octanol–water partition coefficient (Wildman–Crippen LogP) is 2.36. The minimum Gasteiger partial charge on any atom is -0.338 e. The number of carbonyl (C=O) groups excluding carboxylic acids is 1. The Kier molecular flexibility index (Phi) is 8.01. The molecule has 154 valence electrons. The number of urea groups is 1. The summed E-state index contributed by atoms with van der Waals surface area (Å²) in [6, 6.07) is 8.01.